The molecule has 2 aliphatic rings. The average Bonchev–Trinajstić information content (AvgIpc) is 3.00. The molecule has 0 aromatic carbocycles. The lowest BCUT2D eigenvalue weighted by Gasteiger charge is -2.39. The second kappa shape index (κ2) is 25.6. The van der Waals surface area contributed by atoms with Gasteiger partial charge in [-0.1, -0.05) is 58.3 Å². The van der Waals surface area contributed by atoms with E-state index in [1.165, 1.54) is 44.9 Å². The Labute approximate surface area is 249 Å². The maximum Gasteiger partial charge on any atom is 0.305 e. The van der Waals surface area contributed by atoms with Crippen LogP contribution in [-0.4, -0.2) is 140 Å². The number of carbonyl (C=O) groups is 1. The summed E-state index contributed by atoms with van der Waals surface area (Å²) < 4.78 is 39.9. The molecule has 242 valence electrons. The van der Waals surface area contributed by atoms with Crippen LogP contribution in [0.25, 0.3) is 0 Å². The van der Waals surface area contributed by atoms with E-state index in [9.17, 15) is 4.79 Å². The Hall–Kier alpha value is -0.850. The summed E-state index contributed by atoms with van der Waals surface area (Å²) in [5.41, 5.74) is 0. The van der Waals surface area contributed by atoms with Crippen molar-refractivity contribution < 1.29 is 38.0 Å². The van der Waals surface area contributed by atoms with Crippen molar-refractivity contribution in [3.05, 3.63) is 0 Å². The van der Waals surface area contributed by atoms with E-state index in [1.807, 2.05) is 0 Å². The van der Waals surface area contributed by atoms with Crippen molar-refractivity contribution in [2.45, 2.75) is 83.3 Å². The van der Waals surface area contributed by atoms with Crippen LogP contribution in [0.3, 0.4) is 0 Å². The summed E-state index contributed by atoms with van der Waals surface area (Å²) in [5.74, 6) is -0.0948. The molecule has 0 radical (unpaired) electrons. The van der Waals surface area contributed by atoms with Crippen LogP contribution in [0.1, 0.15) is 71.1 Å². The molecule has 2 unspecified atom stereocenters. The maximum absolute atomic E-state index is 12.3. The summed E-state index contributed by atoms with van der Waals surface area (Å²) in [5, 5.41) is 0. The van der Waals surface area contributed by atoms with Crippen LogP contribution in [0.4, 0.5) is 0 Å². The van der Waals surface area contributed by atoms with E-state index >= 15 is 0 Å². The molecule has 0 N–H and O–H groups in total. The molecular weight excluding hydrogens is 528 g/mol. The Balaban J connectivity index is 1.61. The fraction of sp³-hybridized carbons (Fsp3) is 0.968. The standard InChI is InChI=1S/C31H60N2O8/c1-3-4-5-6-7-8-9-10-11-12-31(34)41-22-17-33-16-21-38-27-29(33)30(40-26-23-35-2)28-39-25-24-37-20-15-32-13-18-36-19-14-32/h29-30H,3-28H2,1-2H3. The van der Waals surface area contributed by atoms with Gasteiger partial charge < -0.3 is 33.2 Å². The number of esters is 1. The first kappa shape index (κ1) is 36.3. The van der Waals surface area contributed by atoms with Crippen LogP contribution < -0.4 is 0 Å². The highest BCUT2D eigenvalue weighted by Crippen LogP contribution is 2.15. The van der Waals surface area contributed by atoms with Gasteiger partial charge in [-0.05, 0) is 6.42 Å². The van der Waals surface area contributed by atoms with Gasteiger partial charge in [-0.25, -0.2) is 0 Å². The molecule has 2 atom stereocenters. The number of ether oxygens (including phenoxy) is 7. The molecule has 0 aromatic rings. The van der Waals surface area contributed by atoms with Gasteiger partial charge in [0.15, 0.2) is 0 Å². The van der Waals surface area contributed by atoms with Gasteiger partial charge in [0.2, 0.25) is 0 Å². The number of unbranched alkanes of at least 4 members (excludes halogenated alkanes) is 8. The van der Waals surface area contributed by atoms with Crippen molar-refractivity contribution in [1.29, 1.82) is 0 Å². The van der Waals surface area contributed by atoms with E-state index in [2.05, 4.69) is 16.7 Å². The minimum atomic E-state index is -0.170. The SMILES string of the molecule is CCCCCCCCCCCC(=O)OCCN1CCOCC1C(COCCOCCN1CCOCC1)OCCOC. The van der Waals surface area contributed by atoms with Crippen LogP contribution in [0.15, 0.2) is 0 Å². The van der Waals surface area contributed by atoms with Crippen LogP contribution in [-0.2, 0) is 38.0 Å². The number of morpholine rings is 2. The van der Waals surface area contributed by atoms with E-state index in [0.29, 0.717) is 72.4 Å². The summed E-state index contributed by atoms with van der Waals surface area (Å²) in [4.78, 5) is 16.9. The molecule has 0 amide bonds. The zero-order chi connectivity index (χ0) is 29.2. The Morgan fingerprint density at radius 2 is 1.49 bits per heavy atom. The molecule has 10 nitrogen and oxygen atoms in total. The van der Waals surface area contributed by atoms with Gasteiger partial charge in [0.25, 0.3) is 0 Å². The average molecular weight is 589 g/mol. The largest absolute Gasteiger partial charge is 0.464 e. The fourth-order valence-electron chi connectivity index (χ4n) is 5.20. The normalized spacial score (nSPS) is 19.4. The molecule has 0 aliphatic carbocycles. The second-order valence-corrected chi connectivity index (χ2v) is 11.0. The quantitative estimate of drug-likeness (QED) is 0.110. The monoisotopic (exact) mass is 588 g/mol. The third-order valence-corrected chi connectivity index (χ3v) is 7.76. The zero-order valence-corrected chi connectivity index (χ0v) is 26.2. The highest BCUT2D eigenvalue weighted by atomic mass is 16.6. The lowest BCUT2D eigenvalue weighted by atomic mass is 10.1. The third kappa shape index (κ3) is 18.4. The van der Waals surface area contributed by atoms with Crippen molar-refractivity contribution >= 4 is 5.97 Å². The number of nitrogens with zero attached hydrogens (tertiary/aromatic N) is 2. The first-order chi connectivity index (χ1) is 20.2. The summed E-state index contributed by atoms with van der Waals surface area (Å²) in [6.45, 7) is 13.0. The van der Waals surface area contributed by atoms with Crippen molar-refractivity contribution in [2.24, 2.45) is 0 Å². The van der Waals surface area contributed by atoms with Gasteiger partial charge >= 0.3 is 5.97 Å². The highest BCUT2D eigenvalue weighted by Gasteiger charge is 2.31. The van der Waals surface area contributed by atoms with E-state index < -0.39 is 0 Å². The number of hydrogen-bond donors (Lipinski definition) is 0. The van der Waals surface area contributed by atoms with Gasteiger partial charge in [-0.2, -0.15) is 0 Å². The fourth-order valence-corrected chi connectivity index (χ4v) is 5.20. The Morgan fingerprint density at radius 1 is 0.780 bits per heavy atom. The molecule has 2 aliphatic heterocycles. The smallest absolute Gasteiger partial charge is 0.305 e. The molecule has 2 rings (SSSR count). The molecule has 2 fully saturated rings. The van der Waals surface area contributed by atoms with Crippen LogP contribution >= 0.6 is 0 Å². The molecular formula is C31H60N2O8. The van der Waals surface area contributed by atoms with Crippen molar-refractivity contribution in [3.63, 3.8) is 0 Å². The molecule has 0 saturated carbocycles. The van der Waals surface area contributed by atoms with Crippen LogP contribution in [0.2, 0.25) is 0 Å². The lowest BCUT2D eigenvalue weighted by Crippen LogP contribution is -2.55. The van der Waals surface area contributed by atoms with E-state index in [0.717, 1.165) is 52.2 Å². The number of rotatable bonds is 26. The zero-order valence-electron chi connectivity index (χ0n) is 26.2. The van der Waals surface area contributed by atoms with E-state index in [4.69, 9.17) is 33.2 Å². The van der Waals surface area contributed by atoms with Crippen LogP contribution in [0.5, 0.6) is 0 Å². The van der Waals surface area contributed by atoms with Gasteiger partial charge in [0, 0.05) is 46.3 Å². The maximum atomic E-state index is 12.3. The number of methoxy groups -OCH3 is 1. The van der Waals surface area contributed by atoms with Crippen molar-refractivity contribution in [3.8, 4) is 0 Å². The molecule has 2 saturated heterocycles. The van der Waals surface area contributed by atoms with Crippen molar-refractivity contribution in [1.82, 2.24) is 9.80 Å². The summed E-state index contributed by atoms with van der Waals surface area (Å²) >= 11 is 0. The van der Waals surface area contributed by atoms with Gasteiger partial charge in [0.1, 0.15) is 6.61 Å². The Morgan fingerprint density at radius 3 is 2.24 bits per heavy atom. The van der Waals surface area contributed by atoms with Crippen LogP contribution in [0, 0.1) is 0 Å². The molecule has 2 heterocycles. The predicted molar refractivity (Wildman–Crippen MR) is 159 cm³/mol. The third-order valence-electron chi connectivity index (χ3n) is 7.76. The van der Waals surface area contributed by atoms with Crippen molar-refractivity contribution in [2.75, 3.05) is 113 Å². The van der Waals surface area contributed by atoms with E-state index in [1.54, 1.807) is 7.11 Å². The minimum Gasteiger partial charge on any atom is -0.464 e. The summed E-state index contributed by atoms with van der Waals surface area (Å²) in [6, 6.07) is 0.0267. The first-order valence-corrected chi connectivity index (χ1v) is 16.3. The van der Waals surface area contributed by atoms with Gasteiger partial charge in [0.05, 0.1) is 78.2 Å². The lowest BCUT2D eigenvalue weighted by molar-refractivity contribution is -0.146. The topological polar surface area (TPSA) is 88.2 Å². The van der Waals surface area contributed by atoms with E-state index in [-0.39, 0.29) is 18.1 Å². The predicted octanol–water partition coefficient (Wildman–Crippen LogP) is 3.55. The summed E-state index contributed by atoms with van der Waals surface area (Å²) in [7, 11) is 1.67. The Bertz CT molecular complexity index is 609. The minimum absolute atomic E-state index is 0.0267. The summed E-state index contributed by atoms with van der Waals surface area (Å²) in [6.07, 6.45) is 11.5. The molecule has 0 bridgehead atoms. The molecule has 0 spiro atoms. The molecule has 0 aromatic heterocycles. The first-order valence-electron chi connectivity index (χ1n) is 16.3. The molecule has 41 heavy (non-hydrogen) atoms. The van der Waals surface area contributed by atoms with Gasteiger partial charge in [-0.15, -0.1) is 0 Å². The Kier molecular flexibility index (Phi) is 22.7. The molecule has 10 heteroatoms. The number of hydrogen-bond acceptors (Lipinski definition) is 10. The second-order valence-electron chi connectivity index (χ2n) is 11.0. The highest BCUT2D eigenvalue weighted by molar-refractivity contribution is 5.69. The number of carbonyl (C=O) groups excluding carboxylic acids is 1. The van der Waals surface area contributed by atoms with Gasteiger partial charge in [-0.3, -0.25) is 14.6 Å².